The quantitative estimate of drug-likeness (QED) is 0.476. The molecule has 0 fully saturated rings. The molecule has 6 nitrogen and oxygen atoms in total. The summed E-state index contributed by atoms with van der Waals surface area (Å²) in [4.78, 5) is 0. The van der Waals surface area contributed by atoms with E-state index in [1.807, 2.05) is 76.2 Å². The van der Waals surface area contributed by atoms with Crippen LogP contribution in [0.5, 0.6) is 0 Å². The molecule has 6 heteroatoms. The van der Waals surface area contributed by atoms with Gasteiger partial charge in [0.1, 0.15) is 17.3 Å². The largest absolute Gasteiger partial charge is 0.248 e. The van der Waals surface area contributed by atoms with Gasteiger partial charge in [0, 0.05) is 0 Å². The van der Waals surface area contributed by atoms with Gasteiger partial charge < -0.3 is 0 Å². The van der Waals surface area contributed by atoms with Gasteiger partial charge in [-0.1, -0.05) is 83.2 Å². The van der Waals surface area contributed by atoms with Crippen LogP contribution >= 0.6 is 0 Å². The second-order valence-electron chi connectivity index (χ2n) is 6.66. The molecule has 1 atom stereocenters. The summed E-state index contributed by atoms with van der Waals surface area (Å²) in [5.74, 6) is 0. The molecular formula is C22H18N6. The zero-order valence-electron chi connectivity index (χ0n) is 15.1. The van der Waals surface area contributed by atoms with E-state index in [2.05, 4.69) is 44.9 Å². The molecule has 5 rings (SSSR count). The van der Waals surface area contributed by atoms with Crippen LogP contribution in [0.4, 0.5) is 0 Å². The average Bonchev–Trinajstić information content (AvgIpc) is 3.38. The van der Waals surface area contributed by atoms with Gasteiger partial charge in [-0.05, 0) is 23.3 Å². The van der Waals surface area contributed by atoms with Crippen molar-refractivity contribution in [2.45, 2.75) is 12.6 Å². The van der Waals surface area contributed by atoms with Gasteiger partial charge in [0.2, 0.25) is 0 Å². The standard InChI is InChI=1S/C22H18N6/c1-3-9-17(10-4-1)15-27-16-20(24-25-27)22(18-11-5-2-6-12-18)28-21-14-8-7-13-19(21)23-26-28/h1-14,16,22H,15H2. The van der Waals surface area contributed by atoms with Crippen LogP contribution in [0.2, 0.25) is 0 Å². The summed E-state index contributed by atoms with van der Waals surface area (Å²) in [6.45, 7) is 0.674. The molecule has 0 saturated heterocycles. The fourth-order valence-electron chi connectivity index (χ4n) is 3.44. The second-order valence-corrected chi connectivity index (χ2v) is 6.66. The lowest BCUT2D eigenvalue weighted by Crippen LogP contribution is -2.14. The first kappa shape index (κ1) is 16.4. The van der Waals surface area contributed by atoms with Crippen LogP contribution in [-0.4, -0.2) is 30.0 Å². The number of benzene rings is 3. The fraction of sp³-hybridized carbons (Fsp3) is 0.0909. The average molecular weight is 366 g/mol. The van der Waals surface area contributed by atoms with Crippen molar-refractivity contribution in [2.75, 3.05) is 0 Å². The predicted molar refractivity (Wildman–Crippen MR) is 107 cm³/mol. The molecule has 3 aromatic carbocycles. The number of fused-ring (bicyclic) bond motifs is 1. The van der Waals surface area contributed by atoms with Crippen LogP contribution in [-0.2, 0) is 6.54 Å². The SMILES string of the molecule is c1ccc(Cn2cc(C(c3ccccc3)n3nnc4ccccc43)nn2)cc1. The first-order valence-corrected chi connectivity index (χ1v) is 9.17. The third-order valence-electron chi connectivity index (χ3n) is 4.76. The van der Waals surface area contributed by atoms with Gasteiger partial charge in [0.15, 0.2) is 0 Å². The molecule has 5 aromatic rings. The Labute approximate surface area is 162 Å². The van der Waals surface area contributed by atoms with Crippen molar-refractivity contribution in [1.29, 1.82) is 0 Å². The van der Waals surface area contributed by atoms with Crippen molar-refractivity contribution in [3.8, 4) is 0 Å². The molecule has 0 spiro atoms. The molecule has 0 amide bonds. The Bertz CT molecular complexity index is 1190. The summed E-state index contributed by atoms with van der Waals surface area (Å²) in [5, 5.41) is 17.6. The summed E-state index contributed by atoms with van der Waals surface area (Å²) in [5.41, 5.74) is 4.93. The van der Waals surface area contributed by atoms with E-state index in [1.165, 1.54) is 5.56 Å². The fourth-order valence-corrected chi connectivity index (χ4v) is 3.44. The molecule has 0 radical (unpaired) electrons. The highest BCUT2D eigenvalue weighted by molar-refractivity contribution is 5.74. The summed E-state index contributed by atoms with van der Waals surface area (Å²) in [7, 11) is 0. The zero-order chi connectivity index (χ0) is 18.8. The van der Waals surface area contributed by atoms with E-state index in [-0.39, 0.29) is 6.04 Å². The number of aromatic nitrogens is 6. The Morgan fingerprint density at radius 2 is 1.43 bits per heavy atom. The second kappa shape index (κ2) is 7.08. The van der Waals surface area contributed by atoms with E-state index in [4.69, 9.17) is 0 Å². The highest BCUT2D eigenvalue weighted by atomic mass is 15.5. The predicted octanol–water partition coefficient (Wildman–Crippen LogP) is 3.71. The lowest BCUT2D eigenvalue weighted by atomic mass is 10.0. The third kappa shape index (κ3) is 3.05. The maximum atomic E-state index is 4.48. The molecule has 0 bridgehead atoms. The van der Waals surface area contributed by atoms with Crippen molar-refractivity contribution < 1.29 is 0 Å². The number of hydrogen-bond donors (Lipinski definition) is 0. The lowest BCUT2D eigenvalue weighted by Gasteiger charge is -2.15. The normalized spacial score (nSPS) is 12.3. The Kier molecular flexibility index (Phi) is 4.14. The number of rotatable bonds is 5. The van der Waals surface area contributed by atoms with E-state index < -0.39 is 0 Å². The molecule has 136 valence electrons. The van der Waals surface area contributed by atoms with Crippen LogP contribution in [0.1, 0.15) is 22.9 Å². The number of hydrogen-bond acceptors (Lipinski definition) is 4. The molecule has 0 N–H and O–H groups in total. The molecule has 0 saturated carbocycles. The van der Waals surface area contributed by atoms with Crippen molar-refractivity contribution >= 4 is 11.0 Å². The van der Waals surface area contributed by atoms with Gasteiger partial charge in [-0.3, -0.25) is 0 Å². The smallest absolute Gasteiger partial charge is 0.125 e. The highest BCUT2D eigenvalue weighted by Crippen LogP contribution is 2.27. The summed E-state index contributed by atoms with van der Waals surface area (Å²) >= 11 is 0. The molecule has 0 aliphatic rings. The molecule has 0 aliphatic heterocycles. The number of nitrogens with zero attached hydrogens (tertiary/aromatic N) is 6. The molecule has 0 aliphatic carbocycles. The minimum atomic E-state index is -0.196. The minimum absolute atomic E-state index is 0.196. The monoisotopic (exact) mass is 366 g/mol. The van der Waals surface area contributed by atoms with E-state index in [9.17, 15) is 0 Å². The summed E-state index contributed by atoms with van der Waals surface area (Å²) in [6.07, 6.45) is 1.99. The molecular weight excluding hydrogens is 348 g/mol. The van der Waals surface area contributed by atoms with Crippen LogP contribution in [0.3, 0.4) is 0 Å². The van der Waals surface area contributed by atoms with Crippen LogP contribution in [0.15, 0.2) is 91.1 Å². The third-order valence-corrected chi connectivity index (χ3v) is 4.76. The van der Waals surface area contributed by atoms with Gasteiger partial charge in [-0.2, -0.15) is 0 Å². The molecule has 2 aromatic heterocycles. The lowest BCUT2D eigenvalue weighted by molar-refractivity contribution is 0.575. The molecule has 2 heterocycles. The molecule has 1 unspecified atom stereocenters. The topological polar surface area (TPSA) is 61.4 Å². The first-order valence-electron chi connectivity index (χ1n) is 9.17. The van der Waals surface area contributed by atoms with Crippen LogP contribution in [0.25, 0.3) is 11.0 Å². The van der Waals surface area contributed by atoms with E-state index in [0.717, 1.165) is 22.3 Å². The summed E-state index contributed by atoms with van der Waals surface area (Å²) in [6, 6.07) is 28.2. The van der Waals surface area contributed by atoms with Gasteiger partial charge in [-0.25, -0.2) is 9.36 Å². The van der Waals surface area contributed by atoms with E-state index in [0.29, 0.717) is 6.54 Å². The van der Waals surface area contributed by atoms with Crippen molar-refractivity contribution in [3.63, 3.8) is 0 Å². The highest BCUT2D eigenvalue weighted by Gasteiger charge is 2.23. The van der Waals surface area contributed by atoms with Crippen molar-refractivity contribution in [1.82, 2.24) is 30.0 Å². The van der Waals surface area contributed by atoms with E-state index >= 15 is 0 Å². The van der Waals surface area contributed by atoms with Crippen molar-refractivity contribution in [3.05, 3.63) is 108 Å². The Morgan fingerprint density at radius 3 is 2.25 bits per heavy atom. The van der Waals surface area contributed by atoms with Gasteiger partial charge in [-0.15, -0.1) is 10.2 Å². The zero-order valence-corrected chi connectivity index (χ0v) is 15.1. The van der Waals surface area contributed by atoms with Crippen molar-refractivity contribution in [2.24, 2.45) is 0 Å². The number of para-hydroxylation sites is 1. The minimum Gasteiger partial charge on any atom is -0.248 e. The van der Waals surface area contributed by atoms with Crippen LogP contribution in [0, 0.1) is 0 Å². The Balaban J connectivity index is 1.58. The van der Waals surface area contributed by atoms with Gasteiger partial charge >= 0.3 is 0 Å². The molecule has 28 heavy (non-hydrogen) atoms. The maximum absolute atomic E-state index is 4.48. The Hall–Kier alpha value is -3.80. The van der Waals surface area contributed by atoms with Gasteiger partial charge in [0.05, 0.1) is 18.3 Å². The maximum Gasteiger partial charge on any atom is 0.125 e. The van der Waals surface area contributed by atoms with Gasteiger partial charge in [0.25, 0.3) is 0 Å². The van der Waals surface area contributed by atoms with Crippen LogP contribution < -0.4 is 0 Å². The first-order chi connectivity index (χ1) is 13.9. The summed E-state index contributed by atoms with van der Waals surface area (Å²) < 4.78 is 3.78. The Morgan fingerprint density at radius 1 is 0.714 bits per heavy atom. The van der Waals surface area contributed by atoms with E-state index in [1.54, 1.807) is 0 Å².